The predicted octanol–water partition coefficient (Wildman–Crippen LogP) is 13.3. The molecule has 4 nitrogen and oxygen atoms in total. The van der Waals surface area contributed by atoms with Crippen LogP contribution in [-0.4, -0.2) is 15.0 Å². The molecule has 58 heavy (non-hydrogen) atoms. The molecule has 1 N–H and O–H groups in total. The minimum absolute atomic E-state index is 0.00873. The molecule has 0 fully saturated rings. The van der Waals surface area contributed by atoms with Gasteiger partial charge in [0.2, 0.25) is 0 Å². The van der Waals surface area contributed by atoms with Crippen LogP contribution in [0, 0.1) is 0 Å². The molecular formula is C54H36N4. The Kier molecular flexibility index (Phi) is 7.26. The van der Waals surface area contributed by atoms with Crippen molar-refractivity contribution in [2.45, 2.75) is 6.04 Å². The molecule has 0 saturated heterocycles. The minimum atomic E-state index is -0.00873. The molecule has 1 aliphatic rings. The van der Waals surface area contributed by atoms with Gasteiger partial charge in [-0.1, -0.05) is 127 Å². The van der Waals surface area contributed by atoms with Gasteiger partial charge in [0, 0.05) is 38.5 Å². The van der Waals surface area contributed by atoms with Crippen molar-refractivity contribution in [2.75, 3.05) is 0 Å². The number of hydrogen-bond acceptors (Lipinski definition) is 2. The molecule has 12 rings (SSSR count). The number of hydrogen-bond donors (Lipinski definition) is 1. The van der Waals surface area contributed by atoms with E-state index >= 15 is 0 Å². The summed E-state index contributed by atoms with van der Waals surface area (Å²) in [7, 11) is 0. The molecule has 2 aromatic heterocycles. The van der Waals surface area contributed by atoms with E-state index in [-0.39, 0.29) is 6.04 Å². The number of nitrogens with zero attached hydrogens (tertiary/aromatic N) is 3. The summed E-state index contributed by atoms with van der Waals surface area (Å²) in [5.41, 5.74) is 11.3. The second-order valence-electron chi connectivity index (χ2n) is 15.3. The molecule has 9 aromatic carbocycles. The summed E-state index contributed by atoms with van der Waals surface area (Å²) in [6.07, 6.45) is 2.23. The summed E-state index contributed by atoms with van der Waals surface area (Å²) in [6.45, 7) is 0. The standard InChI is InChI=1S/C54H36N4/c1-4-14-35(15-5-1)48-33-49(36-16-6-2-7-17-36)56-54(55-48)37-24-26-43(27-25-37)58-51-31-41-21-13-11-19-39(41)29-45(51)47-32-46-44-28-38-18-10-12-20-40(38)30-50(44)57(52(46)34-53(47)58)42-22-8-3-9-23-42/h1-34,48H,(H,55,56). The summed E-state index contributed by atoms with van der Waals surface area (Å²) < 4.78 is 4.88. The lowest BCUT2D eigenvalue weighted by Gasteiger charge is -2.24. The van der Waals surface area contributed by atoms with E-state index in [0.29, 0.717) is 0 Å². The van der Waals surface area contributed by atoms with E-state index in [1.807, 2.05) is 0 Å². The normalized spacial score (nSPS) is 14.4. The average molecular weight is 741 g/mol. The van der Waals surface area contributed by atoms with Crippen LogP contribution in [-0.2, 0) is 0 Å². The fraction of sp³-hybridized carbons (Fsp3) is 0.0185. The third kappa shape index (κ3) is 5.19. The van der Waals surface area contributed by atoms with Gasteiger partial charge in [0.25, 0.3) is 0 Å². The molecule has 0 saturated carbocycles. The Labute approximate surface area is 335 Å². The van der Waals surface area contributed by atoms with Crippen LogP contribution in [0.2, 0.25) is 0 Å². The smallest absolute Gasteiger partial charge is 0.134 e. The summed E-state index contributed by atoms with van der Waals surface area (Å²) in [5, 5.41) is 13.7. The minimum Gasteiger partial charge on any atom is -0.359 e. The van der Waals surface area contributed by atoms with E-state index < -0.39 is 0 Å². The lowest BCUT2D eigenvalue weighted by Crippen LogP contribution is -2.31. The van der Waals surface area contributed by atoms with Crippen LogP contribution in [0.5, 0.6) is 0 Å². The van der Waals surface area contributed by atoms with Gasteiger partial charge in [0.1, 0.15) is 5.84 Å². The summed E-state index contributed by atoms with van der Waals surface area (Å²) in [4.78, 5) is 5.20. The van der Waals surface area contributed by atoms with Gasteiger partial charge in [-0.15, -0.1) is 0 Å². The Bertz CT molecular complexity index is 3450. The van der Waals surface area contributed by atoms with Gasteiger partial charge in [-0.25, -0.2) is 4.99 Å². The van der Waals surface area contributed by atoms with E-state index in [0.717, 1.165) is 34.0 Å². The molecule has 3 heterocycles. The predicted molar refractivity (Wildman–Crippen MR) is 243 cm³/mol. The Balaban J connectivity index is 1.08. The van der Waals surface area contributed by atoms with Gasteiger partial charge in [-0.3, -0.25) is 0 Å². The van der Waals surface area contributed by atoms with Crippen molar-refractivity contribution in [1.29, 1.82) is 0 Å². The van der Waals surface area contributed by atoms with Crippen molar-refractivity contribution in [3.8, 4) is 11.4 Å². The van der Waals surface area contributed by atoms with Crippen LogP contribution in [0.25, 0.3) is 82.2 Å². The first-order valence-corrected chi connectivity index (χ1v) is 19.9. The number of benzene rings is 9. The van der Waals surface area contributed by atoms with Crippen LogP contribution in [0.1, 0.15) is 22.7 Å². The Hall–Kier alpha value is -7.69. The van der Waals surface area contributed by atoms with Crippen molar-refractivity contribution in [1.82, 2.24) is 14.5 Å². The second kappa shape index (κ2) is 12.9. The SMILES string of the molecule is C1=C(c2ccccc2)N=C(c2ccc(-n3c4cc5ccccc5cc4c4cc5c6cc7ccccc7cc6n(-c6ccccc6)c5cc43)cc2)NC1c1ccccc1. The molecule has 1 atom stereocenters. The third-order valence-electron chi connectivity index (χ3n) is 11.9. The Morgan fingerprint density at radius 2 is 0.828 bits per heavy atom. The molecule has 0 amide bonds. The van der Waals surface area contributed by atoms with E-state index in [2.05, 4.69) is 221 Å². The number of fused-ring (bicyclic) bond motifs is 8. The summed E-state index contributed by atoms with van der Waals surface area (Å²) in [5.74, 6) is 0.858. The maximum Gasteiger partial charge on any atom is 0.134 e. The first-order valence-electron chi connectivity index (χ1n) is 19.9. The first kappa shape index (κ1) is 32.5. The van der Waals surface area contributed by atoms with E-state index in [9.17, 15) is 0 Å². The molecule has 0 radical (unpaired) electrons. The van der Waals surface area contributed by atoms with Gasteiger partial charge in [-0.2, -0.15) is 0 Å². The third-order valence-corrected chi connectivity index (χ3v) is 11.9. The highest BCUT2D eigenvalue weighted by Crippen LogP contribution is 2.42. The van der Waals surface area contributed by atoms with E-state index in [4.69, 9.17) is 4.99 Å². The molecule has 1 aliphatic heterocycles. The van der Waals surface area contributed by atoms with Crippen molar-refractivity contribution >= 4 is 76.7 Å². The van der Waals surface area contributed by atoms with Crippen LogP contribution in [0.15, 0.2) is 211 Å². The quantitative estimate of drug-likeness (QED) is 0.187. The molecule has 0 aliphatic carbocycles. The molecule has 4 heteroatoms. The maximum absolute atomic E-state index is 5.20. The van der Waals surface area contributed by atoms with Gasteiger partial charge < -0.3 is 14.5 Å². The number of para-hydroxylation sites is 1. The summed E-state index contributed by atoms with van der Waals surface area (Å²) >= 11 is 0. The Morgan fingerprint density at radius 1 is 0.379 bits per heavy atom. The zero-order valence-electron chi connectivity index (χ0n) is 31.5. The number of aromatic nitrogens is 2. The van der Waals surface area contributed by atoms with E-state index in [1.54, 1.807) is 0 Å². The zero-order chi connectivity index (χ0) is 38.2. The molecular weight excluding hydrogens is 705 g/mol. The van der Waals surface area contributed by atoms with Crippen molar-refractivity contribution in [3.63, 3.8) is 0 Å². The van der Waals surface area contributed by atoms with Crippen molar-refractivity contribution in [2.24, 2.45) is 4.99 Å². The number of rotatable bonds is 5. The van der Waals surface area contributed by atoms with Crippen LogP contribution >= 0.6 is 0 Å². The molecule has 1 unspecified atom stereocenters. The van der Waals surface area contributed by atoms with Gasteiger partial charge in [0.15, 0.2) is 0 Å². The largest absolute Gasteiger partial charge is 0.359 e. The maximum atomic E-state index is 5.20. The molecule has 272 valence electrons. The highest BCUT2D eigenvalue weighted by Gasteiger charge is 2.22. The van der Waals surface area contributed by atoms with Gasteiger partial charge in [-0.05, 0) is 112 Å². The monoisotopic (exact) mass is 740 g/mol. The zero-order valence-corrected chi connectivity index (χ0v) is 31.5. The highest BCUT2D eigenvalue weighted by atomic mass is 15.1. The Morgan fingerprint density at radius 3 is 1.40 bits per heavy atom. The number of nitrogens with one attached hydrogen (secondary N) is 1. The number of amidine groups is 1. The van der Waals surface area contributed by atoms with Crippen LogP contribution in [0.4, 0.5) is 0 Å². The fourth-order valence-corrected chi connectivity index (χ4v) is 9.09. The molecule has 0 bridgehead atoms. The van der Waals surface area contributed by atoms with E-state index in [1.165, 1.54) is 70.7 Å². The lowest BCUT2D eigenvalue weighted by atomic mass is 10.0. The van der Waals surface area contributed by atoms with Crippen molar-refractivity contribution < 1.29 is 0 Å². The highest BCUT2D eigenvalue weighted by molar-refractivity contribution is 6.22. The molecule has 0 spiro atoms. The molecule has 11 aromatic rings. The first-order chi connectivity index (χ1) is 28.7. The van der Waals surface area contributed by atoms with Crippen LogP contribution in [0.3, 0.4) is 0 Å². The number of aliphatic imine (C=N–C) groups is 1. The summed E-state index contributed by atoms with van der Waals surface area (Å²) in [6, 6.07) is 72.4. The van der Waals surface area contributed by atoms with Gasteiger partial charge >= 0.3 is 0 Å². The fourth-order valence-electron chi connectivity index (χ4n) is 9.09. The van der Waals surface area contributed by atoms with Crippen LogP contribution < -0.4 is 5.32 Å². The lowest BCUT2D eigenvalue weighted by molar-refractivity contribution is 0.781. The second-order valence-corrected chi connectivity index (χ2v) is 15.3. The average Bonchev–Trinajstić information content (AvgIpc) is 3.77. The topological polar surface area (TPSA) is 34.2 Å². The van der Waals surface area contributed by atoms with Crippen molar-refractivity contribution in [3.05, 3.63) is 223 Å². The van der Waals surface area contributed by atoms with Gasteiger partial charge in [0.05, 0.1) is 33.8 Å².